The molecule has 1 rings (SSSR count). The molecule has 0 saturated heterocycles. The maximum Gasteiger partial charge on any atom is 0.124 e. The minimum absolute atomic E-state index is 0.239. The van der Waals surface area contributed by atoms with Gasteiger partial charge in [0.1, 0.15) is 5.82 Å². The Morgan fingerprint density at radius 3 is 2.65 bits per heavy atom. The van der Waals surface area contributed by atoms with Gasteiger partial charge in [-0.2, -0.15) is 0 Å². The first-order chi connectivity index (χ1) is 8.19. The van der Waals surface area contributed by atoms with Gasteiger partial charge in [0.05, 0.1) is 0 Å². The number of rotatable bonds is 7. The summed E-state index contributed by atoms with van der Waals surface area (Å²) in [7, 11) is 0. The topological polar surface area (TPSA) is 12.0 Å². The average Bonchev–Trinajstić information content (AvgIpc) is 2.30. The third-order valence-electron chi connectivity index (χ3n) is 2.83. The van der Waals surface area contributed by atoms with Crippen LogP contribution in [-0.2, 0) is 0 Å². The van der Waals surface area contributed by atoms with E-state index in [2.05, 4.69) is 19.2 Å². The Bertz CT molecular complexity index is 333. The molecule has 96 valence electrons. The van der Waals surface area contributed by atoms with Crippen LogP contribution in [-0.4, -0.2) is 6.54 Å². The van der Waals surface area contributed by atoms with Crippen LogP contribution in [0.3, 0.4) is 0 Å². The smallest absolute Gasteiger partial charge is 0.124 e. The largest absolute Gasteiger partial charge is 0.310 e. The Morgan fingerprint density at radius 2 is 2.06 bits per heavy atom. The van der Waals surface area contributed by atoms with E-state index in [0.29, 0.717) is 5.02 Å². The maximum absolute atomic E-state index is 13.0. The Balaban J connectivity index is 2.79. The van der Waals surface area contributed by atoms with Gasteiger partial charge in [-0.15, -0.1) is 0 Å². The highest BCUT2D eigenvalue weighted by Crippen LogP contribution is 2.27. The molecule has 1 aromatic rings. The molecule has 1 unspecified atom stereocenters. The van der Waals surface area contributed by atoms with Gasteiger partial charge in [0.25, 0.3) is 0 Å². The highest BCUT2D eigenvalue weighted by molar-refractivity contribution is 6.31. The summed E-state index contributed by atoms with van der Waals surface area (Å²) in [4.78, 5) is 0. The van der Waals surface area contributed by atoms with Crippen LogP contribution in [0.15, 0.2) is 18.2 Å². The van der Waals surface area contributed by atoms with Crippen LogP contribution in [0.2, 0.25) is 5.02 Å². The number of hydrogen-bond acceptors (Lipinski definition) is 1. The van der Waals surface area contributed by atoms with Crippen molar-refractivity contribution in [2.24, 2.45) is 0 Å². The highest BCUT2D eigenvalue weighted by Gasteiger charge is 2.13. The fourth-order valence-corrected chi connectivity index (χ4v) is 2.18. The van der Waals surface area contributed by atoms with E-state index >= 15 is 0 Å². The zero-order valence-electron chi connectivity index (χ0n) is 10.6. The minimum atomic E-state index is -0.275. The monoisotopic (exact) mass is 257 g/mol. The molecule has 0 heterocycles. The Morgan fingerprint density at radius 1 is 1.29 bits per heavy atom. The molecule has 3 heteroatoms. The van der Waals surface area contributed by atoms with Crippen molar-refractivity contribution in [1.82, 2.24) is 5.32 Å². The van der Waals surface area contributed by atoms with Gasteiger partial charge in [0, 0.05) is 11.1 Å². The van der Waals surface area contributed by atoms with E-state index in [1.54, 1.807) is 6.07 Å². The van der Waals surface area contributed by atoms with Gasteiger partial charge in [-0.3, -0.25) is 0 Å². The lowest BCUT2D eigenvalue weighted by Gasteiger charge is -2.20. The second-order valence-electron chi connectivity index (χ2n) is 4.31. The number of unbranched alkanes of at least 4 members (excludes halogenated alkanes) is 1. The van der Waals surface area contributed by atoms with Gasteiger partial charge in [0.15, 0.2) is 0 Å². The molecule has 0 fully saturated rings. The van der Waals surface area contributed by atoms with Crippen molar-refractivity contribution in [2.45, 2.75) is 45.6 Å². The third-order valence-corrected chi connectivity index (χ3v) is 3.15. The number of hydrogen-bond donors (Lipinski definition) is 1. The zero-order chi connectivity index (χ0) is 12.7. The van der Waals surface area contributed by atoms with Crippen molar-refractivity contribution in [3.05, 3.63) is 34.6 Å². The van der Waals surface area contributed by atoms with Gasteiger partial charge in [-0.1, -0.05) is 44.4 Å². The molecule has 17 heavy (non-hydrogen) atoms. The standard InChI is InChI=1S/C14H21ClFN/c1-3-5-6-14(17-9-4-2)12-8-7-11(16)10-13(12)15/h7-8,10,14,17H,3-6,9H2,1-2H3. The van der Waals surface area contributed by atoms with Crippen molar-refractivity contribution in [2.75, 3.05) is 6.54 Å². The Hall–Kier alpha value is -0.600. The summed E-state index contributed by atoms with van der Waals surface area (Å²) in [6, 6.07) is 4.90. The summed E-state index contributed by atoms with van der Waals surface area (Å²) in [5.41, 5.74) is 1.01. The fraction of sp³-hybridized carbons (Fsp3) is 0.571. The van der Waals surface area contributed by atoms with Crippen molar-refractivity contribution >= 4 is 11.6 Å². The molecule has 0 saturated carbocycles. The maximum atomic E-state index is 13.0. The predicted molar refractivity (Wildman–Crippen MR) is 72.0 cm³/mol. The lowest BCUT2D eigenvalue weighted by molar-refractivity contribution is 0.480. The van der Waals surface area contributed by atoms with Crippen LogP contribution in [0.25, 0.3) is 0 Å². The summed E-state index contributed by atoms with van der Waals surface area (Å²) in [5, 5.41) is 4.00. The molecule has 0 spiro atoms. The van der Waals surface area contributed by atoms with Crippen molar-refractivity contribution in [3.63, 3.8) is 0 Å². The molecular weight excluding hydrogens is 237 g/mol. The quantitative estimate of drug-likeness (QED) is 0.746. The van der Waals surface area contributed by atoms with Crippen molar-refractivity contribution in [1.29, 1.82) is 0 Å². The highest BCUT2D eigenvalue weighted by atomic mass is 35.5. The molecule has 1 nitrogen and oxygen atoms in total. The number of benzene rings is 1. The Kier molecular flexibility index (Phi) is 6.53. The van der Waals surface area contributed by atoms with E-state index in [1.807, 2.05) is 0 Å². The van der Waals surface area contributed by atoms with Crippen LogP contribution in [0.5, 0.6) is 0 Å². The molecule has 0 aliphatic heterocycles. The molecular formula is C14H21ClFN. The SMILES string of the molecule is CCCCC(NCCC)c1ccc(F)cc1Cl. The minimum Gasteiger partial charge on any atom is -0.310 e. The van der Waals surface area contributed by atoms with E-state index in [4.69, 9.17) is 11.6 Å². The second kappa shape index (κ2) is 7.67. The number of halogens is 2. The van der Waals surface area contributed by atoms with Crippen molar-refractivity contribution < 1.29 is 4.39 Å². The van der Waals surface area contributed by atoms with Crippen LogP contribution < -0.4 is 5.32 Å². The average molecular weight is 258 g/mol. The zero-order valence-corrected chi connectivity index (χ0v) is 11.4. The summed E-state index contributed by atoms with van der Waals surface area (Å²) in [5.74, 6) is -0.275. The summed E-state index contributed by atoms with van der Waals surface area (Å²) in [6.07, 6.45) is 4.43. The summed E-state index contributed by atoms with van der Waals surface area (Å²) < 4.78 is 13.0. The lowest BCUT2D eigenvalue weighted by atomic mass is 10.0. The Labute approximate surface area is 108 Å². The third kappa shape index (κ3) is 4.64. The second-order valence-corrected chi connectivity index (χ2v) is 4.72. The lowest BCUT2D eigenvalue weighted by Crippen LogP contribution is -2.22. The summed E-state index contributed by atoms with van der Waals surface area (Å²) in [6.45, 7) is 5.27. The van der Waals surface area contributed by atoms with Crippen LogP contribution in [0, 0.1) is 5.82 Å². The first-order valence-electron chi connectivity index (χ1n) is 6.37. The first kappa shape index (κ1) is 14.5. The molecule has 0 bridgehead atoms. The van der Waals surface area contributed by atoms with Gasteiger partial charge in [0.2, 0.25) is 0 Å². The molecule has 1 atom stereocenters. The van der Waals surface area contributed by atoms with E-state index in [0.717, 1.165) is 37.8 Å². The van der Waals surface area contributed by atoms with E-state index in [9.17, 15) is 4.39 Å². The van der Waals surface area contributed by atoms with Crippen LogP contribution in [0.4, 0.5) is 4.39 Å². The normalized spacial score (nSPS) is 12.7. The van der Waals surface area contributed by atoms with E-state index < -0.39 is 0 Å². The molecule has 0 aliphatic carbocycles. The molecule has 0 radical (unpaired) electrons. The van der Waals surface area contributed by atoms with E-state index in [1.165, 1.54) is 12.1 Å². The molecule has 0 aliphatic rings. The summed E-state index contributed by atoms with van der Waals surface area (Å²) >= 11 is 6.10. The van der Waals surface area contributed by atoms with Gasteiger partial charge in [-0.05, 0) is 37.1 Å². The van der Waals surface area contributed by atoms with Crippen molar-refractivity contribution in [3.8, 4) is 0 Å². The van der Waals surface area contributed by atoms with Crippen LogP contribution >= 0.6 is 11.6 Å². The van der Waals surface area contributed by atoms with Gasteiger partial charge < -0.3 is 5.32 Å². The molecule has 1 aromatic carbocycles. The van der Waals surface area contributed by atoms with Crippen LogP contribution in [0.1, 0.15) is 51.1 Å². The van der Waals surface area contributed by atoms with E-state index in [-0.39, 0.29) is 11.9 Å². The fourth-order valence-electron chi connectivity index (χ4n) is 1.88. The van der Waals surface area contributed by atoms with Gasteiger partial charge in [-0.25, -0.2) is 4.39 Å². The molecule has 0 aromatic heterocycles. The molecule has 1 N–H and O–H groups in total. The first-order valence-corrected chi connectivity index (χ1v) is 6.75. The van der Waals surface area contributed by atoms with Gasteiger partial charge >= 0.3 is 0 Å². The predicted octanol–water partition coefficient (Wildman–Crippen LogP) is 4.71. The number of nitrogens with one attached hydrogen (secondary N) is 1. The molecule has 0 amide bonds.